The molecule has 0 amide bonds. The molecule has 0 aliphatic heterocycles. The molecule has 0 heterocycles. The average molecular weight is 345 g/mol. The summed E-state index contributed by atoms with van der Waals surface area (Å²) >= 11 is 2.45. The summed E-state index contributed by atoms with van der Waals surface area (Å²) in [6.45, 7) is 4.00. The van der Waals surface area contributed by atoms with Gasteiger partial charge in [0.2, 0.25) is 0 Å². The van der Waals surface area contributed by atoms with Gasteiger partial charge in [-0.25, -0.2) is 0 Å². The molecule has 1 atom stereocenters. The SMILES string of the molecule is CC(C)Cc1ccc(C(Br)C(F)(F)C(F)(F)F)cc1. The predicted octanol–water partition coefficient (Wildman–Crippen LogP) is 5.52. The van der Waals surface area contributed by atoms with Crippen molar-refractivity contribution in [2.45, 2.75) is 37.2 Å². The summed E-state index contributed by atoms with van der Waals surface area (Å²) in [5.74, 6) is -4.41. The van der Waals surface area contributed by atoms with E-state index in [1.807, 2.05) is 13.8 Å². The largest absolute Gasteiger partial charge is 0.454 e. The van der Waals surface area contributed by atoms with Gasteiger partial charge in [0.05, 0.1) is 0 Å². The van der Waals surface area contributed by atoms with Crippen LogP contribution in [0.3, 0.4) is 0 Å². The van der Waals surface area contributed by atoms with E-state index in [2.05, 4.69) is 15.9 Å². The molecule has 1 aromatic rings. The molecule has 0 aromatic heterocycles. The summed E-state index contributed by atoms with van der Waals surface area (Å²) in [6, 6.07) is 5.76. The smallest absolute Gasteiger partial charge is 0.195 e. The number of hydrogen-bond donors (Lipinski definition) is 0. The predicted molar refractivity (Wildman–Crippen MR) is 67.7 cm³/mol. The maximum atomic E-state index is 13.1. The van der Waals surface area contributed by atoms with E-state index in [1.165, 1.54) is 12.1 Å². The molecule has 1 unspecified atom stereocenters. The van der Waals surface area contributed by atoms with Crippen LogP contribution < -0.4 is 0 Å². The second-order valence-electron chi connectivity index (χ2n) is 4.82. The van der Waals surface area contributed by atoms with Gasteiger partial charge in [0.25, 0.3) is 0 Å². The van der Waals surface area contributed by atoms with Gasteiger partial charge < -0.3 is 0 Å². The molecule has 0 aliphatic carbocycles. The maximum absolute atomic E-state index is 13.1. The van der Waals surface area contributed by atoms with Gasteiger partial charge in [0.1, 0.15) is 4.83 Å². The first-order chi connectivity index (χ1) is 8.55. The van der Waals surface area contributed by atoms with E-state index in [1.54, 1.807) is 12.1 Å². The van der Waals surface area contributed by atoms with E-state index < -0.39 is 16.9 Å². The van der Waals surface area contributed by atoms with Crippen LogP contribution in [0, 0.1) is 5.92 Å². The second kappa shape index (κ2) is 5.77. The van der Waals surface area contributed by atoms with Crippen LogP contribution in [0.4, 0.5) is 22.0 Å². The number of hydrogen-bond acceptors (Lipinski definition) is 0. The maximum Gasteiger partial charge on any atom is 0.454 e. The normalized spacial score (nSPS) is 14.8. The molecular formula is C13H14BrF5. The minimum Gasteiger partial charge on any atom is -0.195 e. The summed E-state index contributed by atoms with van der Waals surface area (Å²) in [6.07, 6.45) is -4.82. The second-order valence-corrected chi connectivity index (χ2v) is 5.74. The van der Waals surface area contributed by atoms with Gasteiger partial charge in [0.15, 0.2) is 0 Å². The van der Waals surface area contributed by atoms with Gasteiger partial charge in [-0.15, -0.1) is 0 Å². The van der Waals surface area contributed by atoms with Crippen molar-refractivity contribution in [2.75, 3.05) is 0 Å². The summed E-state index contributed by atoms with van der Waals surface area (Å²) in [7, 11) is 0. The van der Waals surface area contributed by atoms with Crippen LogP contribution in [0.5, 0.6) is 0 Å². The minimum absolute atomic E-state index is 0.0881. The molecular weight excluding hydrogens is 331 g/mol. The van der Waals surface area contributed by atoms with Crippen molar-refractivity contribution in [1.29, 1.82) is 0 Å². The van der Waals surface area contributed by atoms with E-state index >= 15 is 0 Å². The third kappa shape index (κ3) is 3.91. The highest BCUT2D eigenvalue weighted by molar-refractivity contribution is 9.09. The molecule has 108 valence electrons. The Bertz CT molecular complexity index is 408. The summed E-state index contributed by atoms with van der Waals surface area (Å²) in [4.78, 5) is -2.08. The van der Waals surface area contributed by atoms with Crippen LogP contribution in [0.2, 0.25) is 0 Å². The zero-order valence-electron chi connectivity index (χ0n) is 10.4. The first-order valence-electron chi connectivity index (χ1n) is 5.73. The Morgan fingerprint density at radius 1 is 1.00 bits per heavy atom. The quantitative estimate of drug-likeness (QED) is 0.498. The number of halogens is 6. The third-order valence-corrected chi connectivity index (χ3v) is 3.72. The van der Waals surface area contributed by atoms with E-state index in [0.29, 0.717) is 5.92 Å². The molecule has 1 rings (SSSR count). The summed E-state index contributed by atoms with van der Waals surface area (Å²) in [5, 5.41) is 0. The Hall–Kier alpha value is -0.650. The molecule has 6 heteroatoms. The standard InChI is InChI=1S/C13H14BrF5/c1-8(2)7-9-3-5-10(6-4-9)11(14)12(15,16)13(17,18)19/h3-6,8,11H,7H2,1-2H3. The minimum atomic E-state index is -5.57. The van der Waals surface area contributed by atoms with Gasteiger partial charge in [-0.05, 0) is 23.5 Å². The molecule has 0 saturated carbocycles. The Labute approximate surface area is 117 Å². The van der Waals surface area contributed by atoms with Gasteiger partial charge in [-0.1, -0.05) is 54.0 Å². The number of benzene rings is 1. The third-order valence-electron chi connectivity index (χ3n) is 2.61. The highest BCUT2D eigenvalue weighted by Crippen LogP contribution is 2.48. The van der Waals surface area contributed by atoms with Crippen LogP contribution in [-0.2, 0) is 6.42 Å². The molecule has 0 fully saturated rings. The van der Waals surface area contributed by atoms with E-state index in [9.17, 15) is 22.0 Å². The first-order valence-corrected chi connectivity index (χ1v) is 6.64. The lowest BCUT2D eigenvalue weighted by Crippen LogP contribution is -2.39. The molecule has 0 nitrogen and oxygen atoms in total. The van der Waals surface area contributed by atoms with Gasteiger partial charge in [-0.2, -0.15) is 22.0 Å². The highest BCUT2D eigenvalue weighted by Gasteiger charge is 2.62. The Morgan fingerprint density at radius 2 is 1.47 bits per heavy atom. The summed E-state index contributed by atoms with van der Waals surface area (Å²) in [5.41, 5.74) is 0.823. The molecule has 0 N–H and O–H groups in total. The molecule has 19 heavy (non-hydrogen) atoms. The fourth-order valence-electron chi connectivity index (χ4n) is 1.65. The lowest BCUT2D eigenvalue weighted by atomic mass is 9.99. The van der Waals surface area contributed by atoms with Crippen molar-refractivity contribution in [3.8, 4) is 0 Å². The Morgan fingerprint density at radius 3 is 1.84 bits per heavy atom. The molecule has 0 bridgehead atoms. The monoisotopic (exact) mass is 344 g/mol. The zero-order chi connectivity index (χ0) is 14.8. The molecule has 0 aliphatic rings. The van der Waals surface area contributed by atoms with Crippen molar-refractivity contribution in [3.63, 3.8) is 0 Å². The molecule has 0 radical (unpaired) electrons. The lowest BCUT2D eigenvalue weighted by molar-refractivity contribution is -0.281. The van der Waals surface area contributed by atoms with Crippen molar-refractivity contribution >= 4 is 15.9 Å². The van der Waals surface area contributed by atoms with E-state index in [-0.39, 0.29) is 5.56 Å². The zero-order valence-corrected chi connectivity index (χ0v) is 12.0. The molecule has 0 saturated heterocycles. The fourth-order valence-corrected chi connectivity index (χ4v) is 2.21. The van der Waals surface area contributed by atoms with Crippen LogP contribution in [-0.4, -0.2) is 12.1 Å². The van der Waals surface area contributed by atoms with Crippen LogP contribution in [0.25, 0.3) is 0 Å². The Kier molecular flexibility index (Phi) is 4.98. The van der Waals surface area contributed by atoms with Crippen LogP contribution in [0.1, 0.15) is 29.8 Å². The average Bonchev–Trinajstić information content (AvgIpc) is 2.26. The summed E-state index contributed by atoms with van der Waals surface area (Å²) < 4.78 is 63.0. The van der Waals surface area contributed by atoms with Crippen LogP contribution in [0.15, 0.2) is 24.3 Å². The van der Waals surface area contributed by atoms with E-state index in [0.717, 1.165) is 12.0 Å². The lowest BCUT2D eigenvalue weighted by Gasteiger charge is -2.25. The molecule has 0 spiro atoms. The van der Waals surface area contributed by atoms with Crippen molar-refractivity contribution < 1.29 is 22.0 Å². The first kappa shape index (κ1) is 16.4. The van der Waals surface area contributed by atoms with E-state index in [4.69, 9.17) is 0 Å². The van der Waals surface area contributed by atoms with Gasteiger partial charge in [-0.3, -0.25) is 0 Å². The number of rotatable bonds is 4. The van der Waals surface area contributed by atoms with Gasteiger partial charge >= 0.3 is 12.1 Å². The van der Waals surface area contributed by atoms with Crippen molar-refractivity contribution in [2.24, 2.45) is 5.92 Å². The van der Waals surface area contributed by atoms with Gasteiger partial charge in [0, 0.05) is 0 Å². The number of alkyl halides is 6. The van der Waals surface area contributed by atoms with Crippen molar-refractivity contribution in [3.05, 3.63) is 35.4 Å². The van der Waals surface area contributed by atoms with Crippen LogP contribution >= 0.6 is 15.9 Å². The topological polar surface area (TPSA) is 0 Å². The van der Waals surface area contributed by atoms with Crippen molar-refractivity contribution in [1.82, 2.24) is 0 Å². The fraction of sp³-hybridized carbons (Fsp3) is 0.538. The molecule has 1 aromatic carbocycles. The highest BCUT2D eigenvalue weighted by atomic mass is 79.9. The Balaban J connectivity index is 2.92.